The lowest BCUT2D eigenvalue weighted by Crippen LogP contribution is -2.25. The number of carbonyl (C=O) groups is 2. The Morgan fingerprint density at radius 3 is 2.51 bits per heavy atom. The first-order valence-corrected chi connectivity index (χ1v) is 12.2. The Kier molecular flexibility index (Phi) is 6.66. The SMILES string of the molecule is O=C(C[C@H]1SC(N2N=C(c3ccccc3)C[C@@H]2c2ccccc2)=NC1=O)Nc1ccc(F)c(Cl)c1. The average molecular weight is 507 g/mol. The summed E-state index contributed by atoms with van der Waals surface area (Å²) >= 11 is 7.01. The highest BCUT2D eigenvalue weighted by molar-refractivity contribution is 8.15. The number of hydrogen-bond donors (Lipinski definition) is 1. The molecule has 0 spiro atoms. The number of thioether (sulfide) groups is 1. The molecule has 1 N–H and O–H groups in total. The van der Waals surface area contributed by atoms with Crippen molar-refractivity contribution in [1.29, 1.82) is 0 Å². The van der Waals surface area contributed by atoms with Crippen LogP contribution in [0.15, 0.2) is 89.0 Å². The Hall–Kier alpha value is -3.49. The van der Waals surface area contributed by atoms with Gasteiger partial charge in [0.2, 0.25) is 5.91 Å². The first-order valence-electron chi connectivity index (χ1n) is 11.0. The molecule has 2 aliphatic rings. The quantitative estimate of drug-likeness (QED) is 0.484. The lowest BCUT2D eigenvalue weighted by molar-refractivity contribution is -0.121. The molecule has 0 saturated heterocycles. The van der Waals surface area contributed by atoms with Crippen molar-refractivity contribution < 1.29 is 14.0 Å². The summed E-state index contributed by atoms with van der Waals surface area (Å²) in [6, 6.07) is 23.7. The van der Waals surface area contributed by atoms with Crippen LogP contribution < -0.4 is 5.32 Å². The fourth-order valence-corrected chi connectivity index (χ4v) is 5.23. The predicted octanol–water partition coefficient (Wildman–Crippen LogP) is 5.66. The molecule has 3 aromatic carbocycles. The minimum Gasteiger partial charge on any atom is -0.326 e. The van der Waals surface area contributed by atoms with E-state index in [0.717, 1.165) is 16.8 Å². The second-order valence-corrected chi connectivity index (χ2v) is 9.69. The van der Waals surface area contributed by atoms with Gasteiger partial charge in [-0.15, -0.1) is 0 Å². The van der Waals surface area contributed by atoms with Gasteiger partial charge in [-0.1, -0.05) is 84.0 Å². The van der Waals surface area contributed by atoms with Crippen LogP contribution in [0, 0.1) is 5.82 Å². The van der Waals surface area contributed by atoms with Crippen molar-refractivity contribution in [2.24, 2.45) is 10.1 Å². The van der Waals surface area contributed by atoms with Gasteiger partial charge < -0.3 is 5.32 Å². The summed E-state index contributed by atoms with van der Waals surface area (Å²) < 4.78 is 13.4. The third kappa shape index (κ3) is 5.13. The van der Waals surface area contributed by atoms with E-state index in [1.165, 1.54) is 30.0 Å². The van der Waals surface area contributed by atoms with Crippen molar-refractivity contribution >= 4 is 51.7 Å². The van der Waals surface area contributed by atoms with Crippen LogP contribution in [-0.4, -0.2) is 33.0 Å². The van der Waals surface area contributed by atoms with E-state index >= 15 is 0 Å². The molecule has 0 radical (unpaired) electrons. The standard InChI is InChI=1S/C26H20ClFN4O2S/c27-19-13-18(11-12-20(19)28)29-24(33)15-23-25(34)30-26(35-23)32-22(17-9-5-2-6-10-17)14-21(31-32)16-7-3-1-4-8-16/h1-13,22-23H,14-15H2,(H,29,33)/t22-,23-/m1/s1. The summed E-state index contributed by atoms with van der Waals surface area (Å²) in [6.45, 7) is 0. The predicted molar refractivity (Wildman–Crippen MR) is 137 cm³/mol. The van der Waals surface area contributed by atoms with E-state index in [1.807, 2.05) is 60.7 Å². The number of amides is 2. The Balaban J connectivity index is 1.32. The van der Waals surface area contributed by atoms with E-state index in [0.29, 0.717) is 17.3 Å². The van der Waals surface area contributed by atoms with E-state index in [1.54, 1.807) is 5.01 Å². The number of nitrogens with zero attached hydrogens (tertiary/aromatic N) is 3. The number of halogens is 2. The van der Waals surface area contributed by atoms with Gasteiger partial charge in [0, 0.05) is 18.5 Å². The van der Waals surface area contributed by atoms with Gasteiger partial charge in [-0.25, -0.2) is 9.40 Å². The lowest BCUT2D eigenvalue weighted by atomic mass is 9.99. The minimum absolute atomic E-state index is 0.0788. The van der Waals surface area contributed by atoms with E-state index in [2.05, 4.69) is 10.3 Å². The van der Waals surface area contributed by atoms with Crippen LogP contribution in [0.5, 0.6) is 0 Å². The number of hydrazone groups is 1. The van der Waals surface area contributed by atoms with Crippen molar-refractivity contribution in [2.75, 3.05) is 5.32 Å². The number of amidine groups is 1. The summed E-state index contributed by atoms with van der Waals surface area (Å²) in [5.74, 6) is -1.34. The summed E-state index contributed by atoms with van der Waals surface area (Å²) in [4.78, 5) is 29.5. The van der Waals surface area contributed by atoms with Gasteiger partial charge >= 0.3 is 0 Å². The first kappa shape index (κ1) is 23.3. The molecule has 9 heteroatoms. The van der Waals surface area contributed by atoms with Crippen LogP contribution in [0.2, 0.25) is 5.02 Å². The second kappa shape index (κ2) is 10.0. The molecular formula is C26H20ClFN4O2S. The Labute approximate surface area is 210 Å². The molecule has 0 bridgehead atoms. The zero-order valence-electron chi connectivity index (χ0n) is 18.4. The molecule has 0 aliphatic carbocycles. The van der Waals surface area contributed by atoms with Crippen molar-refractivity contribution in [2.45, 2.75) is 24.1 Å². The second-order valence-electron chi connectivity index (χ2n) is 8.11. The Morgan fingerprint density at radius 1 is 1.09 bits per heavy atom. The molecule has 5 rings (SSSR count). The lowest BCUT2D eigenvalue weighted by Gasteiger charge is -2.23. The monoisotopic (exact) mass is 506 g/mol. The fraction of sp³-hybridized carbons (Fsp3) is 0.154. The summed E-state index contributed by atoms with van der Waals surface area (Å²) in [6.07, 6.45) is 0.586. The molecule has 2 heterocycles. The van der Waals surface area contributed by atoms with E-state index < -0.39 is 11.1 Å². The first-order chi connectivity index (χ1) is 17.0. The van der Waals surface area contributed by atoms with Crippen molar-refractivity contribution in [3.63, 3.8) is 0 Å². The molecule has 0 aromatic heterocycles. The van der Waals surface area contributed by atoms with Gasteiger partial charge in [0.25, 0.3) is 5.91 Å². The fourth-order valence-electron chi connectivity index (χ4n) is 3.99. The third-order valence-electron chi connectivity index (χ3n) is 5.70. The highest BCUT2D eigenvalue weighted by atomic mass is 35.5. The number of anilines is 1. The molecule has 2 aliphatic heterocycles. The molecule has 176 valence electrons. The number of benzene rings is 3. The smallest absolute Gasteiger partial charge is 0.262 e. The molecule has 2 atom stereocenters. The van der Waals surface area contributed by atoms with Crippen LogP contribution in [0.4, 0.5) is 10.1 Å². The molecule has 0 unspecified atom stereocenters. The zero-order valence-corrected chi connectivity index (χ0v) is 20.0. The number of nitrogens with one attached hydrogen (secondary N) is 1. The largest absolute Gasteiger partial charge is 0.326 e. The highest BCUT2D eigenvalue weighted by Gasteiger charge is 2.39. The number of rotatable bonds is 5. The van der Waals surface area contributed by atoms with Gasteiger partial charge in [0.15, 0.2) is 5.17 Å². The molecule has 2 amide bonds. The van der Waals surface area contributed by atoms with Gasteiger partial charge in [0.05, 0.1) is 16.8 Å². The molecule has 0 fully saturated rings. The van der Waals surface area contributed by atoms with Crippen LogP contribution >= 0.6 is 23.4 Å². The van der Waals surface area contributed by atoms with Crippen LogP contribution in [0.25, 0.3) is 0 Å². The van der Waals surface area contributed by atoms with Crippen LogP contribution in [-0.2, 0) is 9.59 Å². The number of aliphatic imine (C=N–C) groups is 1. The topological polar surface area (TPSA) is 74.1 Å². The summed E-state index contributed by atoms with van der Waals surface area (Å²) in [5.41, 5.74) is 3.34. The molecule has 0 saturated carbocycles. The van der Waals surface area contributed by atoms with E-state index in [9.17, 15) is 14.0 Å². The normalized spacial score (nSPS) is 19.5. The summed E-state index contributed by atoms with van der Waals surface area (Å²) in [7, 11) is 0. The summed E-state index contributed by atoms with van der Waals surface area (Å²) in [5, 5.41) is 8.98. The zero-order chi connectivity index (χ0) is 24.4. The number of carbonyl (C=O) groups excluding carboxylic acids is 2. The Bertz CT molecular complexity index is 1330. The maximum Gasteiger partial charge on any atom is 0.262 e. The van der Waals surface area contributed by atoms with Gasteiger partial charge in [-0.3, -0.25) is 9.59 Å². The van der Waals surface area contributed by atoms with Gasteiger partial charge in [-0.2, -0.15) is 10.1 Å². The van der Waals surface area contributed by atoms with E-state index in [4.69, 9.17) is 16.7 Å². The minimum atomic E-state index is -0.673. The molecule has 35 heavy (non-hydrogen) atoms. The third-order valence-corrected chi connectivity index (χ3v) is 7.13. The van der Waals surface area contributed by atoms with Gasteiger partial charge in [0.1, 0.15) is 11.1 Å². The maximum absolute atomic E-state index is 13.4. The van der Waals surface area contributed by atoms with Crippen LogP contribution in [0.3, 0.4) is 0 Å². The molecule has 6 nitrogen and oxygen atoms in total. The van der Waals surface area contributed by atoms with Crippen molar-refractivity contribution in [1.82, 2.24) is 5.01 Å². The maximum atomic E-state index is 13.4. The average Bonchev–Trinajstić information content (AvgIpc) is 3.47. The van der Waals surface area contributed by atoms with Crippen molar-refractivity contribution in [3.05, 3.63) is 101 Å². The van der Waals surface area contributed by atoms with Gasteiger partial charge in [-0.05, 0) is 29.3 Å². The Morgan fingerprint density at radius 2 is 1.80 bits per heavy atom. The van der Waals surface area contributed by atoms with E-state index in [-0.39, 0.29) is 29.3 Å². The van der Waals surface area contributed by atoms with Crippen LogP contribution in [0.1, 0.15) is 30.0 Å². The van der Waals surface area contributed by atoms with Crippen molar-refractivity contribution in [3.8, 4) is 0 Å². The highest BCUT2D eigenvalue weighted by Crippen LogP contribution is 2.38. The molecule has 3 aromatic rings. The number of hydrogen-bond acceptors (Lipinski definition) is 5. The molecular weight excluding hydrogens is 487 g/mol.